The lowest BCUT2D eigenvalue weighted by Crippen LogP contribution is -2.46. The summed E-state index contributed by atoms with van der Waals surface area (Å²) in [7, 11) is 0. The van der Waals surface area contributed by atoms with Gasteiger partial charge in [0, 0.05) is 10.3 Å². The summed E-state index contributed by atoms with van der Waals surface area (Å²) in [5.41, 5.74) is -0.489. The normalized spacial score (nSPS) is 15.6. The summed E-state index contributed by atoms with van der Waals surface area (Å²) in [5, 5.41) is 15.2. The smallest absolute Gasteiger partial charge is 0.341 e. The molecule has 1 saturated carbocycles. The molecule has 0 spiro atoms. The third-order valence-electron chi connectivity index (χ3n) is 4.88. The van der Waals surface area contributed by atoms with Gasteiger partial charge in [0.1, 0.15) is 10.5 Å². The van der Waals surface area contributed by atoms with E-state index in [-0.39, 0.29) is 11.5 Å². The Bertz CT molecular complexity index is 824. The first-order chi connectivity index (χ1) is 13.0. The Balaban J connectivity index is 2.07. The predicted molar refractivity (Wildman–Crippen MR) is 107 cm³/mol. The van der Waals surface area contributed by atoms with E-state index in [1.807, 2.05) is 6.92 Å². The van der Waals surface area contributed by atoms with Crippen molar-refractivity contribution in [3.8, 4) is 6.07 Å². The molecule has 2 amide bonds. The molecular formula is C20H27N3O4S. The number of aryl methyl sites for hydroxylation is 1. The number of carbonyl (C=O) groups excluding carboxylic acids is 3. The quantitative estimate of drug-likeness (QED) is 0.729. The van der Waals surface area contributed by atoms with Crippen LogP contribution in [0.3, 0.4) is 0 Å². The first-order valence-electron chi connectivity index (χ1n) is 9.30. The molecule has 28 heavy (non-hydrogen) atoms. The molecule has 1 aromatic rings. The lowest BCUT2D eigenvalue weighted by atomic mass is 9.96. The highest BCUT2D eigenvalue weighted by Gasteiger charge is 2.35. The zero-order chi connectivity index (χ0) is 21.1. The number of nitrogens with zero attached hydrogens (tertiary/aromatic N) is 1. The summed E-state index contributed by atoms with van der Waals surface area (Å²) < 4.78 is 5.19. The van der Waals surface area contributed by atoms with Gasteiger partial charge in [-0.25, -0.2) is 4.79 Å². The van der Waals surface area contributed by atoms with Crippen LogP contribution in [0.25, 0.3) is 0 Å². The monoisotopic (exact) mass is 405 g/mol. The van der Waals surface area contributed by atoms with E-state index in [9.17, 15) is 19.6 Å². The van der Waals surface area contributed by atoms with Crippen molar-refractivity contribution >= 4 is 34.1 Å². The SMILES string of the molecule is Cc1sc(NC(=O)C(C)(C)C)c(C(=O)OCC(=O)NC2(C#N)CCCC2)c1C. The molecule has 1 aliphatic rings. The van der Waals surface area contributed by atoms with Gasteiger partial charge in [-0.3, -0.25) is 9.59 Å². The molecule has 0 aromatic carbocycles. The van der Waals surface area contributed by atoms with Gasteiger partial charge in [-0.1, -0.05) is 20.8 Å². The van der Waals surface area contributed by atoms with E-state index in [0.29, 0.717) is 23.4 Å². The molecule has 0 saturated heterocycles. The number of hydrogen-bond acceptors (Lipinski definition) is 6. The molecule has 1 aliphatic carbocycles. The van der Waals surface area contributed by atoms with Gasteiger partial charge in [-0.2, -0.15) is 5.26 Å². The number of esters is 1. The van der Waals surface area contributed by atoms with Crippen molar-refractivity contribution in [2.24, 2.45) is 5.41 Å². The molecule has 1 fully saturated rings. The maximum atomic E-state index is 12.6. The summed E-state index contributed by atoms with van der Waals surface area (Å²) in [6, 6.07) is 2.17. The average Bonchev–Trinajstić information content (AvgIpc) is 3.18. The highest BCUT2D eigenvalue weighted by molar-refractivity contribution is 7.16. The summed E-state index contributed by atoms with van der Waals surface area (Å²) in [5.74, 6) is -1.38. The fourth-order valence-corrected chi connectivity index (χ4v) is 4.04. The van der Waals surface area contributed by atoms with Gasteiger partial charge in [-0.05, 0) is 45.1 Å². The van der Waals surface area contributed by atoms with Crippen molar-refractivity contribution in [3.05, 3.63) is 16.0 Å². The molecule has 0 aliphatic heterocycles. The van der Waals surface area contributed by atoms with Crippen molar-refractivity contribution in [2.45, 2.75) is 65.8 Å². The van der Waals surface area contributed by atoms with Crippen molar-refractivity contribution < 1.29 is 19.1 Å². The van der Waals surface area contributed by atoms with Gasteiger partial charge in [0.2, 0.25) is 5.91 Å². The Hall–Kier alpha value is -2.40. The van der Waals surface area contributed by atoms with Crippen molar-refractivity contribution in [1.82, 2.24) is 5.32 Å². The number of amides is 2. The van der Waals surface area contributed by atoms with E-state index in [1.54, 1.807) is 27.7 Å². The average molecular weight is 406 g/mol. The Kier molecular flexibility index (Phi) is 6.50. The maximum absolute atomic E-state index is 12.6. The second-order valence-corrected chi connectivity index (χ2v) is 9.44. The second kappa shape index (κ2) is 8.31. The molecule has 0 radical (unpaired) electrons. The molecular weight excluding hydrogens is 378 g/mol. The second-order valence-electron chi connectivity index (χ2n) is 8.22. The minimum atomic E-state index is -0.857. The van der Waals surface area contributed by atoms with Crippen LogP contribution in [0.5, 0.6) is 0 Å². The summed E-state index contributed by atoms with van der Waals surface area (Å²) in [6.07, 6.45) is 2.99. The van der Waals surface area contributed by atoms with E-state index < -0.39 is 29.4 Å². The number of ether oxygens (including phenoxy) is 1. The third kappa shape index (κ3) is 4.90. The first-order valence-corrected chi connectivity index (χ1v) is 10.1. The zero-order valence-electron chi connectivity index (χ0n) is 17.0. The van der Waals surface area contributed by atoms with Crippen LogP contribution in [0.2, 0.25) is 0 Å². The van der Waals surface area contributed by atoms with Gasteiger partial charge in [0.05, 0.1) is 11.6 Å². The number of rotatable bonds is 5. The Morgan fingerprint density at radius 3 is 2.36 bits per heavy atom. The lowest BCUT2D eigenvalue weighted by molar-refractivity contribution is -0.125. The number of nitriles is 1. The largest absolute Gasteiger partial charge is 0.452 e. The fourth-order valence-electron chi connectivity index (χ4n) is 3.00. The Morgan fingerprint density at radius 2 is 1.82 bits per heavy atom. The molecule has 152 valence electrons. The molecule has 2 N–H and O–H groups in total. The molecule has 8 heteroatoms. The van der Waals surface area contributed by atoms with Crippen LogP contribution < -0.4 is 10.6 Å². The highest BCUT2D eigenvalue weighted by atomic mass is 32.1. The molecule has 0 unspecified atom stereocenters. The van der Waals surface area contributed by atoms with Crippen molar-refractivity contribution in [3.63, 3.8) is 0 Å². The van der Waals surface area contributed by atoms with Crippen LogP contribution in [-0.2, 0) is 14.3 Å². The molecule has 7 nitrogen and oxygen atoms in total. The standard InChI is InChI=1S/C20H27N3O4S/c1-12-13(2)28-16(22-18(26)19(3,4)5)15(12)17(25)27-10-14(24)23-20(11-21)8-6-7-9-20/h6-10H2,1-5H3,(H,22,26)(H,23,24). The van der Waals surface area contributed by atoms with Gasteiger partial charge in [-0.15, -0.1) is 11.3 Å². The minimum absolute atomic E-state index is 0.210. The summed E-state index contributed by atoms with van der Waals surface area (Å²) >= 11 is 1.30. The van der Waals surface area contributed by atoms with E-state index in [4.69, 9.17) is 4.74 Å². The van der Waals surface area contributed by atoms with E-state index >= 15 is 0 Å². The van der Waals surface area contributed by atoms with Gasteiger partial charge in [0.25, 0.3) is 5.91 Å². The maximum Gasteiger partial charge on any atom is 0.341 e. The number of anilines is 1. The number of nitrogens with one attached hydrogen (secondary N) is 2. The third-order valence-corrected chi connectivity index (χ3v) is 6.00. The van der Waals surface area contributed by atoms with Crippen LogP contribution in [0, 0.1) is 30.6 Å². The number of carbonyl (C=O) groups is 3. The van der Waals surface area contributed by atoms with Crippen LogP contribution in [-0.4, -0.2) is 29.9 Å². The topological polar surface area (TPSA) is 108 Å². The molecule has 1 heterocycles. The van der Waals surface area contributed by atoms with Crippen LogP contribution in [0.1, 0.15) is 67.3 Å². The first kappa shape index (κ1) is 21.9. The van der Waals surface area contributed by atoms with Crippen LogP contribution in [0.4, 0.5) is 5.00 Å². The molecule has 2 rings (SSSR count). The van der Waals surface area contributed by atoms with Crippen LogP contribution in [0.15, 0.2) is 0 Å². The number of thiophene rings is 1. The molecule has 0 atom stereocenters. The molecule has 1 aromatic heterocycles. The van der Waals surface area contributed by atoms with E-state index in [0.717, 1.165) is 17.7 Å². The molecule has 0 bridgehead atoms. The van der Waals surface area contributed by atoms with E-state index in [2.05, 4.69) is 16.7 Å². The summed E-state index contributed by atoms with van der Waals surface area (Å²) in [4.78, 5) is 38.0. The number of hydrogen-bond donors (Lipinski definition) is 2. The fraction of sp³-hybridized carbons (Fsp3) is 0.600. The Labute approximate surface area is 169 Å². The van der Waals surface area contributed by atoms with Crippen LogP contribution >= 0.6 is 11.3 Å². The highest BCUT2D eigenvalue weighted by Crippen LogP contribution is 2.34. The van der Waals surface area contributed by atoms with Gasteiger partial charge in [0.15, 0.2) is 6.61 Å². The van der Waals surface area contributed by atoms with E-state index in [1.165, 1.54) is 11.3 Å². The van der Waals surface area contributed by atoms with Gasteiger partial charge >= 0.3 is 5.97 Å². The summed E-state index contributed by atoms with van der Waals surface area (Å²) in [6.45, 7) is 8.51. The zero-order valence-corrected chi connectivity index (χ0v) is 17.8. The predicted octanol–water partition coefficient (Wildman–Crippen LogP) is 3.46. The Morgan fingerprint density at radius 1 is 1.21 bits per heavy atom. The minimum Gasteiger partial charge on any atom is -0.452 e. The van der Waals surface area contributed by atoms with Crippen molar-refractivity contribution in [2.75, 3.05) is 11.9 Å². The van der Waals surface area contributed by atoms with Gasteiger partial charge < -0.3 is 15.4 Å². The van der Waals surface area contributed by atoms with Crippen molar-refractivity contribution in [1.29, 1.82) is 5.26 Å². The lowest BCUT2D eigenvalue weighted by Gasteiger charge is -2.21.